The Morgan fingerprint density at radius 3 is 2.68 bits per heavy atom. The molecule has 156 valence electrons. The number of amides is 1. The lowest BCUT2D eigenvalue weighted by molar-refractivity contribution is -0.137. The van der Waals surface area contributed by atoms with Crippen molar-refractivity contribution in [3.05, 3.63) is 35.4 Å². The standard InChI is InChI=1S/C19H27F3N4O2/c1-24-7-9-25(10-8-24)11-12-28-18(27)26-6-5-23-14-17(26)15-3-2-4-16(13-15)19(20,21)22/h2-4,13,17,23H,5-12,14H2,1H3. The van der Waals surface area contributed by atoms with Gasteiger partial charge in [-0.3, -0.25) is 9.80 Å². The first-order chi connectivity index (χ1) is 13.3. The summed E-state index contributed by atoms with van der Waals surface area (Å²) in [5, 5.41) is 3.14. The summed E-state index contributed by atoms with van der Waals surface area (Å²) < 4.78 is 44.5. The van der Waals surface area contributed by atoms with Crippen molar-refractivity contribution in [3.8, 4) is 0 Å². The lowest BCUT2D eigenvalue weighted by Gasteiger charge is -2.36. The number of piperazine rings is 2. The summed E-state index contributed by atoms with van der Waals surface area (Å²) in [5.74, 6) is 0. The molecule has 1 aromatic carbocycles. The molecular weight excluding hydrogens is 373 g/mol. The second-order valence-electron chi connectivity index (χ2n) is 7.30. The summed E-state index contributed by atoms with van der Waals surface area (Å²) in [6, 6.07) is 4.68. The van der Waals surface area contributed by atoms with Gasteiger partial charge in [-0.25, -0.2) is 4.79 Å². The van der Waals surface area contributed by atoms with E-state index < -0.39 is 23.9 Å². The molecule has 1 unspecified atom stereocenters. The summed E-state index contributed by atoms with van der Waals surface area (Å²) in [6.07, 6.45) is -4.88. The number of likely N-dealkylation sites (N-methyl/N-ethyl adjacent to an activating group) is 1. The molecule has 2 fully saturated rings. The number of hydrogen-bond donors (Lipinski definition) is 1. The van der Waals surface area contributed by atoms with E-state index in [1.54, 1.807) is 6.07 Å². The number of benzene rings is 1. The third-order valence-corrected chi connectivity index (χ3v) is 5.31. The van der Waals surface area contributed by atoms with E-state index in [0.717, 1.165) is 38.3 Å². The number of alkyl halides is 3. The van der Waals surface area contributed by atoms with Crippen LogP contribution in [0.15, 0.2) is 24.3 Å². The minimum absolute atomic E-state index is 0.280. The summed E-state index contributed by atoms with van der Waals surface area (Å²) >= 11 is 0. The fourth-order valence-corrected chi connectivity index (χ4v) is 3.56. The minimum atomic E-state index is -4.41. The van der Waals surface area contributed by atoms with Gasteiger partial charge in [0.15, 0.2) is 0 Å². The Labute approximate surface area is 163 Å². The number of carbonyl (C=O) groups excluding carboxylic acids is 1. The first-order valence-corrected chi connectivity index (χ1v) is 9.57. The highest BCUT2D eigenvalue weighted by molar-refractivity contribution is 5.68. The quantitative estimate of drug-likeness (QED) is 0.838. The smallest absolute Gasteiger partial charge is 0.416 e. The molecule has 2 heterocycles. The van der Waals surface area contributed by atoms with Crippen LogP contribution in [0.5, 0.6) is 0 Å². The van der Waals surface area contributed by atoms with E-state index in [1.807, 2.05) is 0 Å². The largest absolute Gasteiger partial charge is 0.448 e. The molecule has 3 rings (SSSR count). The molecule has 1 N–H and O–H groups in total. The van der Waals surface area contributed by atoms with E-state index in [-0.39, 0.29) is 6.61 Å². The number of nitrogens with zero attached hydrogens (tertiary/aromatic N) is 3. The zero-order valence-corrected chi connectivity index (χ0v) is 16.0. The normalized spacial score (nSPS) is 22.3. The highest BCUT2D eigenvalue weighted by Gasteiger charge is 2.33. The Kier molecular flexibility index (Phi) is 6.79. The number of carbonyl (C=O) groups is 1. The average Bonchev–Trinajstić information content (AvgIpc) is 2.69. The van der Waals surface area contributed by atoms with Gasteiger partial charge in [0.25, 0.3) is 0 Å². The number of hydrogen-bond acceptors (Lipinski definition) is 5. The number of halogens is 3. The lowest BCUT2D eigenvalue weighted by Crippen LogP contribution is -2.49. The van der Waals surface area contributed by atoms with Crippen molar-refractivity contribution in [2.75, 3.05) is 66.0 Å². The van der Waals surface area contributed by atoms with Gasteiger partial charge >= 0.3 is 12.3 Å². The fraction of sp³-hybridized carbons (Fsp3) is 0.632. The second kappa shape index (κ2) is 9.11. The van der Waals surface area contributed by atoms with Crippen molar-refractivity contribution in [2.24, 2.45) is 0 Å². The molecule has 1 amide bonds. The lowest BCUT2D eigenvalue weighted by atomic mass is 10.0. The molecule has 6 nitrogen and oxygen atoms in total. The molecule has 0 radical (unpaired) electrons. The molecular formula is C19H27F3N4O2. The third-order valence-electron chi connectivity index (χ3n) is 5.31. The van der Waals surface area contributed by atoms with Crippen molar-refractivity contribution < 1.29 is 22.7 Å². The number of nitrogens with one attached hydrogen (secondary N) is 1. The van der Waals surface area contributed by atoms with Gasteiger partial charge < -0.3 is 15.0 Å². The van der Waals surface area contributed by atoms with Crippen molar-refractivity contribution in [3.63, 3.8) is 0 Å². The highest BCUT2D eigenvalue weighted by Crippen LogP contribution is 2.32. The van der Waals surface area contributed by atoms with Crippen LogP contribution in [0, 0.1) is 0 Å². The van der Waals surface area contributed by atoms with Crippen molar-refractivity contribution in [2.45, 2.75) is 12.2 Å². The Morgan fingerprint density at radius 2 is 1.96 bits per heavy atom. The Morgan fingerprint density at radius 1 is 1.21 bits per heavy atom. The molecule has 0 spiro atoms. The molecule has 2 aliphatic heterocycles. The van der Waals surface area contributed by atoms with Crippen LogP contribution in [-0.2, 0) is 10.9 Å². The molecule has 0 aromatic heterocycles. The van der Waals surface area contributed by atoms with Gasteiger partial charge in [-0.2, -0.15) is 13.2 Å². The number of ether oxygens (including phenoxy) is 1. The first kappa shape index (κ1) is 20.9. The molecule has 0 saturated carbocycles. The molecule has 2 saturated heterocycles. The van der Waals surface area contributed by atoms with Gasteiger partial charge in [0.05, 0.1) is 11.6 Å². The Balaban J connectivity index is 1.59. The first-order valence-electron chi connectivity index (χ1n) is 9.57. The van der Waals surface area contributed by atoms with Crippen molar-refractivity contribution in [1.29, 1.82) is 0 Å². The molecule has 9 heteroatoms. The Bertz CT molecular complexity index is 663. The van der Waals surface area contributed by atoms with Crippen LogP contribution in [0.1, 0.15) is 17.2 Å². The van der Waals surface area contributed by atoms with E-state index in [0.29, 0.717) is 31.7 Å². The maximum absolute atomic E-state index is 13.0. The fourth-order valence-electron chi connectivity index (χ4n) is 3.56. The monoisotopic (exact) mass is 400 g/mol. The molecule has 1 aromatic rings. The van der Waals surface area contributed by atoms with Crippen LogP contribution in [0.25, 0.3) is 0 Å². The zero-order valence-electron chi connectivity index (χ0n) is 16.0. The SMILES string of the molecule is CN1CCN(CCOC(=O)N2CCNCC2c2cccc(C(F)(F)F)c2)CC1. The predicted octanol–water partition coefficient (Wildman–Crippen LogP) is 2.04. The van der Waals surface area contributed by atoms with Crippen LogP contribution >= 0.6 is 0 Å². The van der Waals surface area contributed by atoms with Gasteiger partial charge in [-0.1, -0.05) is 12.1 Å². The molecule has 0 bridgehead atoms. The highest BCUT2D eigenvalue weighted by atomic mass is 19.4. The maximum Gasteiger partial charge on any atom is 0.416 e. The maximum atomic E-state index is 13.0. The van der Waals surface area contributed by atoms with E-state index in [9.17, 15) is 18.0 Å². The van der Waals surface area contributed by atoms with E-state index >= 15 is 0 Å². The van der Waals surface area contributed by atoms with Gasteiger partial charge in [-0.05, 0) is 24.7 Å². The van der Waals surface area contributed by atoms with Crippen LogP contribution in [-0.4, -0.2) is 86.8 Å². The molecule has 0 aliphatic carbocycles. The van der Waals surface area contributed by atoms with Crippen LogP contribution in [0.3, 0.4) is 0 Å². The summed E-state index contributed by atoms with van der Waals surface area (Å²) in [4.78, 5) is 18.6. The third kappa shape index (κ3) is 5.36. The second-order valence-corrected chi connectivity index (χ2v) is 7.30. The topological polar surface area (TPSA) is 48.1 Å². The van der Waals surface area contributed by atoms with E-state index in [2.05, 4.69) is 22.2 Å². The van der Waals surface area contributed by atoms with Crippen molar-refractivity contribution >= 4 is 6.09 Å². The van der Waals surface area contributed by atoms with Crippen LogP contribution in [0.4, 0.5) is 18.0 Å². The molecule has 28 heavy (non-hydrogen) atoms. The zero-order chi connectivity index (χ0) is 20.1. The van der Waals surface area contributed by atoms with E-state index in [1.165, 1.54) is 11.0 Å². The van der Waals surface area contributed by atoms with Crippen molar-refractivity contribution in [1.82, 2.24) is 20.0 Å². The van der Waals surface area contributed by atoms with Crippen LogP contribution < -0.4 is 5.32 Å². The molecule has 2 aliphatic rings. The van der Waals surface area contributed by atoms with Gasteiger partial charge in [0.2, 0.25) is 0 Å². The summed E-state index contributed by atoms with van der Waals surface area (Å²) in [7, 11) is 2.08. The summed E-state index contributed by atoms with van der Waals surface area (Å²) in [6.45, 7) is 6.18. The Hall–Kier alpha value is -1.84. The number of rotatable bonds is 4. The van der Waals surface area contributed by atoms with Gasteiger partial charge in [0, 0.05) is 52.4 Å². The average molecular weight is 400 g/mol. The summed E-state index contributed by atoms with van der Waals surface area (Å²) in [5.41, 5.74) is -0.253. The predicted molar refractivity (Wildman–Crippen MR) is 99.0 cm³/mol. The van der Waals surface area contributed by atoms with E-state index in [4.69, 9.17) is 4.74 Å². The molecule has 1 atom stereocenters. The van der Waals surface area contributed by atoms with Crippen LogP contribution in [0.2, 0.25) is 0 Å². The van der Waals surface area contributed by atoms with Gasteiger partial charge in [-0.15, -0.1) is 0 Å². The van der Waals surface area contributed by atoms with Gasteiger partial charge in [0.1, 0.15) is 6.61 Å². The minimum Gasteiger partial charge on any atom is -0.448 e.